The number of hydrogen-bond donors (Lipinski definition) is 0. The molecule has 0 spiro atoms. The van der Waals surface area contributed by atoms with Crippen molar-refractivity contribution in [2.75, 3.05) is 7.11 Å². The Hall–Kier alpha value is -1.76. The standard InChI is InChI=1S/C7H5NO3/c1-3-6-8-4-5(11-6)7(9)10-2/h1,4H,2H3. The van der Waals surface area contributed by atoms with Gasteiger partial charge in [0.15, 0.2) is 0 Å². The van der Waals surface area contributed by atoms with Crippen LogP contribution in [0.1, 0.15) is 16.4 Å². The smallest absolute Gasteiger partial charge is 0.375 e. The fraction of sp³-hybridized carbons (Fsp3) is 0.143. The van der Waals surface area contributed by atoms with Crippen LogP contribution in [0.15, 0.2) is 10.6 Å². The van der Waals surface area contributed by atoms with Gasteiger partial charge in [0.1, 0.15) is 0 Å². The summed E-state index contributed by atoms with van der Waals surface area (Å²) in [6.45, 7) is 0. The molecule has 1 aromatic rings. The molecular weight excluding hydrogens is 146 g/mol. The summed E-state index contributed by atoms with van der Waals surface area (Å²) in [5, 5.41) is 0. The Balaban J connectivity index is 2.91. The third-order valence-electron chi connectivity index (χ3n) is 1.02. The normalized spacial score (nSPS) is 8.73. The quantitative estimate of drug-likeness (QED) is 0.431. The van der Waals surface area contributed by atoms with E-state index >= 15 is 0 Å². The molecule has 0 fully saturated rings. The molecule has 0 saturated carbocycles. The summed E-state index contributed by atoms with van der Waals surface area (Å²) in [6, 6.07) is 0. The first kappa shape index (κ1) is 7.35. The molecule has 0 aliphatic carbocycles. The molecule has 1 heterocycles. The van der Waals surface area contributed by atoms with Crippen LogP contribution in [0.3, 0.4) is 0 Å². The van der Waals surface area contributed by atoms with Gasteiger partial charge in [0.05, 0.1) is 13.3 Å². The Labute approximate surface area is 63.2 Å². The van der Waals surface area contributed by atoms with Crippen molar-refractivity contribution in [1.29, 1.82) is 0 Å². The maximum absolute atomic E-state index is 10.7. The van der Waals surface area contributed by atoms with Gasteiger partial charge in [-0.05, 0) is 5.92 Å². The number of ether oxygens (including phenoxy) is 1. The van der Waals surface area contributed by atoms with Gasteiger partial charge < -0.3 is 9.15 Å². The van der Waals surface area contributed by atoms with Crippen molar-refractivity contribution in [3.8, 4) is 12.3 Å². The molecule has 1 aromatic heterocycles. The van der Waals surface area contributed by atoms with Crippen LogP contribution >= 0.6 is 0 Å². The summed E-state index contributed by atoms with van der Waals surface area (Å²) < 4.78 is 9.12. The molecule has 0 aromatic carbocycles. The number of aromatic nitrogens is 1. The van der Waals surface area contributed by atoms with Crippen molar-refractivity contribution in [1.82, 2.24) is 4.98 Å². The van der Waals surface area contributed by atoms with Gasteiger partial charge in [-0.25, -0.2) is 9.78 Å². The van der Waals surface area contributed by atoms with E-state index in [1.807, 2.05) is 0 Å². The molecule has 11 heavy (non-hydrogen) atoms. The van der Waals surface area contributed by atoms with Crippen LogP contribution < -0.4 is 0 Å². The molecule has 0 unspecified atom stereocenters. The van der Waals surface area contributed by atoms with Crippen LogP contribution in [0, 0.1) is 12.3 Å². The summed E-state index contributed by atoms with van der Waals surface area (Å²) in [4.78, 5) is 14.3. The number of terminal acetylenes is 1. The zero-order valence-corrected chi connectivity index (χ0v) is 5.83. The number of hydrogen-bond acceptors (Lipinski definition) is 4. The van der Waals surface area contributed by atoms with E-state index in [9.17, 15) is 4.79 Å². The predicted octanol–water partition coefficient (Wildman–Crippen LogP) is 0.443. The Morgan fingerprint density at radius 3 is 3.09 bits per heavy atom. The molecule has 0 aliphatic rings. The van der Waals surface area contributed by atoms with E-state index in [0.29, 0.717) is 0 Å². The van der Waals surface area contributed by atoms with E-state index in [4.69, 9.17) is 10.8 Å². The van der Waals surface area contributed by atoms with Crippen molar-refractivity contribution in [3.63, 3.8) is 0 Å². The second-order valence-corrected chi connectivity index (χ2v) is 1.67. The average molecular weight is 151 g/mol. The van der Waals surface area contributed by atoms with E-state index < -0.39 is 5.97 Å². The molecule has 0 saturated heterocycles. The lowest BCUT2D eigenvalue weighted by atomic mass is 10.5. The number of oxazole rings is 1. The summed E-state index contributed by atoms with van der Waals surface area (Å²) in [5.74, 6) is 1.65. The lowest BCUT2D eigenvalue weighted by molar-refractivity contribution is 0.0564. The van der Waals surface area contributed by atoms with E-state index in [1.165, 1.54) is 13.3 Å². The van der Waals surface area contributed by atoms with E-state index in [-0.39, 0.29) is 11.7 Å². The van der Waals surface area contributed by atoms with E-state index in [1.54, 1.807) is 0 Å². The van der Waals surface area contributed by atoms with Crippen molar-refractivity contribution in [3.05, 3.63) is 17.8 Å². The average Bonchev–Trinajstić information content (AvgIpc) is 2.50. The summed E-state index contributed by atoms with van der Waals surface area (Å²) in [7, 11) is 1.25. The largest absolute Gasteiger partial charge is 0.463 e. The van der Waals surface area contributed by atoms with Crippen LogP contribution in [0.2, 0.25) is 0 Å². The first-order valence-electron chi connectivity index (χ1n) is 2.78. The Morgan fingerprint density at radius 1 is 1.91 bits per heavy atom. The SMILES string of the molecule is C#Cc1ncc(C(=O)OC)o1. The van der Waals surface area contributed by atoms with Crippen molar-refractivity contribution in [2.45, 2.75) is 0 Å². The van der Waals surface area contributed by atoms with Gasteiger partial charge in [-0.1, -0.05) is 0 Å². The van der Waals surface area contributed by atoms with Crippen LogP contribution in [0.5, 0.6) is 0 Å². The Morgan fingerprint density at radius 2 is 2.64 bits per heavy atom. The Kier molecular flexibility index (Phi) is 1.93. The summed E-state index contributed by atoms with van der Waals surface area (Å²) in [5.41, 5.74) is 0. The molecular formula is C7H5NO3. The molecule has 56 valence electrons. The van der Waals surface area contributed by atoms with Crippen LogP contribution in [0.25, 0.3) is 0 Å². The Bertz CT molecular complexity index is 308. The number of methoxy groups -OCH3 is 1. The molecule has 1 rings (SSSR count). The predicted molar refractivity (Wildman–Crippen MR) is 35.8 cm³/mol. The van der Waals surface area contributed by atoms with Crippen LogP contribution in [0.4, 0.5) is 0 Å². The number of esters is 1. The monoisotopic (exact) mass is 151 g/mol. The minimum Gasteiger partial charge on any atom is -0.463 e. The first-order valence-corrected chi connectivity index (χ1v) is 2.78. The van der Waals surface area contributed by atoms with Gasteiger partial charge in [0.25, 0.3) is 5.89 Å². The minimum absolute atomic E-state index is 0.0143. The van der Waals surface area contributed by atoms with Gasteiger partial charge in [-0.3, -0.25) is 0 Å². The molecule has 0 radical (unpaired) electrons. The lowest BCUT2D eigenvalue weighted by Crippen LogP contribution is -1.98. The van der Waals surface area contributed by atoms with E-state index in [0.717, 1.165) is 0 Å². The third kappa shape index (κ3) is 1.38. The lowest BCUT2D eigenvalue weighted by Gasteiger charge is -1.89. The highest BCUT2D eigenvalue weighted by molar-refractivity contribution is 5.85. The van der Waals surface area contributed by atoms with Crippen LogP contribution in [-0.2, 0) is 4.74 Å². The zero-order valence-electron chi connectivity index (χ0n) is 5.83. The number of nitrogens with zero attached hydrogens (tertiary/aromatic N) is 1. The third-order valence-corrected chi connectivity index (χ3v) is 1.02. The van der Waals surface area contributed by atoms with Crippen molar-refractivity contribution >= 4 is 5.97 Å². The highest BCUT2D eigenvalue weighted by atomic mass is 16.5. The molecule has 4 nitrogen and oxygen atoms in total. The fourth-order valence-electron chi connectivity index (χ4n) is 0.536. The fourth-order valence-corrected chi connectivity index (χ4v) is 0.536. The summed E-state index contributed by atoms with van der Waals surface area (Å²) >= 11 is 0. The minimum atomic E-state index is -0.584. The molecule has 0 aliphatic heterocycles. The number of carbonyl (C=O) groups is 1. The second kappa shape index (κ2) is 2.88. The van der Waals surface area contributed by atoms with Crippen LogP contribution in [-0.4, -0.2) is 18.1 Å². The van der Waals surface area contributed by atoms with E-state index in [2.05, 4.69) is 15.6 Å². The van der Waals surface area contributed by atoms with Gasteiger partial charge in [-0.15, -0.1) is 6.42 Å². The maximum atomic E-state index is 10.7. The van der Waals surface area contributed by atoms with Gasteiger partial charge in [0.2, 0.25) is 5.76 Å². The molecule has 0 amide bonds. The molecule has 0 atom stereocenters. The number of rotatable bonds is 1. The van der Waals surface area contributed by atoms with Crippen molar-refractivity contribution in [2.24, 2.45) is 0 Å². The van der Waals surface area contributed by atoms with Gasteiger partial charge in [-0.2, -0.15) is 0 Å². The maximum Gasteiger partial charge on any atom is 0.375 e. The topological polar surface area (TPSA) is 52.3 Å². The molecule has 4 heteroatoms. The van der Waals surface area contributed by atoms with Crippen molar-refractivity contribution < 1.29 is 13.9 Å². The van der Waals surface area contributed by atoms with Gasteiger partial charge >= 0.3 is 5.97 Å². The summed E-state index contributed by atoms with van der Waals surface area (Å²) in [6.07, 6.45) is 6.17. The van der Waals surface area contributed by atoms with Gasteiger partial charge in [0, 0.05) is 0 Å². The zero-order chi connectivity index (χ0) is 8.27. The highest BCUT2D eigenvalue weighted by Crippen LogP contribution is 2.02. The second-order valence-electron chi connectivity index (χ2n) is 1.67. The number of carbonyl (C=O) groups excluding carboxylic acids is 1. The molecule has 0 bridgehead atoms. The highest BCUT2D eigenvalue weighted by Gasteiger charge is 2.10. The first-order chi connectivity index (χ1) is 5.27. The molecule has 0 N–H and O–H groups in total.